The van der Waals surface area contributed by atoms with Crippen molar-refractivity contribution in [3.8, 4) is 17.3 Å². The van der Waals surface area contributed by atoms with E-state index in [1.54, 1.807) is 36.8 Å². The third-order valence-corrected chi connectivity index (χ3v) is 11.0. The minimum absolute atomic E-state index is 0.0259. The molecule has 2 aromatic carbocycles. The number of aliphatic imine (C=N–C) groups is 1. The number of methoxy groups -OCH3 is 1. The van der Waals surface area contributed by atoms with E-state index < -0.39 is 5.82 Å². The van der Waals surface area contributed by atoms with Gasteiger partial charge in [-0.15, -0.1) is 0 Å². The van der Waals surface area contributed by atoms with E-state index in [-0.39, 0.29) is 43.1 Å². The van der Waals surface area contributed by atoms with E-state index in [2.05, 4.69) is 41.4 Å². The van der Waals surface area contributed by atoms with Crippen molar-refractivity contribution in [2.75, 3.05) is 25.5 Å². The summed E-state index contributed by atoms with van der Waals surface area (Å²) in [5, 5.41) is 6.94. The lowest BCUT2D eigenvalue weighted by Crippen LogP contribution is -2.58. The molecular formula is C37H43FN8O3. The number of amides is 1. The molecule has 3 heterocycles. The molecule has 5 atom stereocenters. The zero-order valence-electron chi connectivity index (χ0n) is 28.6. The van der Waals surface area contributed by atoms with Gasteiger partial charge in [-0.2, -0.15) is 0 Å². The second-order valence-corrected chi connectivity index (χ2v) is 14.4. The third-order valence-electron chi connectivity index (χ3n) is 11.0. The summed E-state index contributed by atoms with van der Waals surface area (Å²) in [6.45, 7) is 10.1. The molecule has 4 aliphatic rings. The van der Waals surface area contributed by atoms with Crippen molar-refractivity contribution in [2.24, 2.45) is 28.2 Å². The number of hydrogen-bond acceptors (Lipinski definition) is 7. The number of fused-ring (bicyclic) bond motifs is 3. The molecule has 4 aromatic rings. The van der Waals surface area contributed by atoms with Gasteiger partial charge in [-0.25, -0.2) is 19.4 Å². The number of carbonyl (C=O) groups is 1. The fourth-order valence-electron chi connectivity index (χ4n) is 8.07. The summed E-state index contributed by atoms with van der Waals surface area (Å²) in [4.78, 5) is 47.5. The van der Waals surface area contributed by atoms with Crippen LogP contribution in [0.25, 0.3) is 22.4 Å². The van der Waals surface area contributed by atoms with Gasteiger partial charge in [-0.3, -0.25) is 19.1 Å². The first kappa shape index (κ1) is 32.7. The van der Waals surface area contributed by atoms with Gasteiger partial charge in [-0.05, 0) is 79.2 Å². The Morgan fingerprint density at radius 3 is 2.67 bits per heavy atom. The van der Waals surface area contributed by atoms with Crippen LogP contribution in [0.4, 0.5) is 10.1 Å². The molecular weight excluding hydrogens is 623 g/mol. The number of aromatic nitrogens is 4. The van der Waals surface area contributed by atoms with Gasteiger partial charge >= 0.3 is 0 Å². The summed E-state index contributed by atoms with van der Waals surface area (Å²) < 4.78 is 21.5. The van der Waals surface area contributed by atoms with Crippen LogP contribution in [0.5, 0.6) is 5.75 Å². The SMILES string of the molecule is COc1ccc(CCn2c(-c3cnccn3)nc3cc(NC(=N[C@H]4C[C@@H]5C[C@H]([C@@H]4C)C5(C)C)N4CC(=O)N[C@@H](C)C4)ccc3c2=O)c(F)c1. The summed E-state index contributed by atoms with van der Waals surface area (Å²) in [6, 6.07) is 10.2. The van der Waals surface area contributed by atoms with Crippen LogP contribution in [0.3, 0.4) is 0 Å². The predicted octanol–water partition coefficient (Wildman–Crippen LogP) is 4.90. The molecule has 0 spiro atoms. The molecule has 2 bridgehead atoms. The van der Waals surface area contributed by atoms with Gasteiger partial charge in [-0.1, -0.05) is 26.8 Å². The Balaban J connectivity index is 1.24. The van der Waals surface area contributed by atoms with Crippen molar-refractivity contribution in [3.63, 3.8) is 0 Å². The van der Waals surface area contributed by atoms with Gasteiger partial charge in [0.2, 0.25) is 5.91 Å². The van der Waals surface area contributed by atoms with Crippen molar-refractivity contribution in [1.82, 2.24) is 29.7 Å². The molecule has 1 aliphatic heterocycles. The Bertz CT molecular complexity index is 1980. The number of anilines is 1. The molecule has 2 aromatic heterocycles. The van der Waals surface area contributed by atoms with Crippen molar-refractivity contribution in [1.29, 1.82) is 0 Å². The highest BCUT2D eigenvalue weighted by Gasteiger charge is 2.56. The van der Waals surface area contributed by atoms with Crippen molar-refractivity contribution in [2.45, 2.75) is 65.6 Å². The largest absolute Gasteiger partial charge is 0.497 e. The molecule has 1 saturated heterocycles. The molecule has 256 valence electrons. The van der Waals surface area contributed by atoms with Crippen LogP contribution in [0.15, 0.2) is 64.8 Å². The van der Waals surface area contributed by atoms with E-state index in [9.17, 15) is 14.0 Å². The quantitative estimate of drug-likeness (QED) is 0.211. The number of nitrogens with one attached hydrogen (secondary N) is 2. The van der Waals surface area contributed by atoms with Gasteiger partial charge < -0.3 is 20.3 Å². The number of piperazine rings is 1. The molecule has 0 radical (unpaired) electrons. The number of halogens is 1. The first-order valence-corrected chi connectivity index (χ1v) is 17.0. The summed E-state index contributed by atoms with van der Waals surface area (Å²) >= 11 is 0. The summed E-state index contributed by atoms with van der Waals surface area (Å²) in [5.74, 6) is 2.65. The Kier molecular flexibility index (Phi) is 8.58. The highest BCUT2D eigenvalue weighted by molar-refractivity contribution is 5.98. The second-order valence-electron chi connectivity index (χ2n) is 14.4. The van der Waals surface area contributed by atoms with Crippen LogP contribution in [0.2, 0.25) is 0 Å². The van der Waals surface area contributed by atoms with Gasteiger partial charge in [0.05, 0.1) is 36.8 Å². The highest BCUT2D eigenvalue weighted by atomic mass is 19.1. The van der Waals surface area contributed by atoms with Gasteiger partial charge in [0.15, 0.2) is 11.8 Å². The van der Waals surface area contributed by atoms with Crippen LogP contribution >= 0.6 is 0 Å². The summed E-state index contributed by atoms with van der Waals surface area (Å²) in [6.07, 6.45) is 7.20. The number of rotatable bonds is 7. The normalized spacial score (nSPS) is 24.7. The molecule has 8 rings (SSSR count). The molecule has 49 heavy (non-hydrogen) atoms. The van der Waals surface area contributed by atoms with Crippen LogP contribution in [0, 0.1) is 29.0 Å². The fraction of sp³-hybridized carbons (Fsp3) is 0.459. The molecule has 3 aliphatic carbocycles. The van der Waals surface area contributed by atoms with Crippen LogP contribution in [-0.2, 0) is 17.8 Å². The van der Waals surface area contributed by atoms with Crippen LogP contribution in [0.1, 0.15) is 46.1 Å². The Morgan fingerprint density at radius 1 is 1.14 bits per heavy atom. The minimum Gasteiger partial charge on any atom is -0.497 e. The average molecular weight is 667 g/mol. The number of guanidine groups is 1. The van der Waals surface area contributed by atoms with E-state index >= 15 is 0 Å². The van der Waals surface area contributed by atoms with E-state index in [1.165, 1.54) is 24.2 Å². The maximum Gasteiger partial charge on any atom is 0.261 e. The maximum absolute atomic E-state index is 14.8. The first-order valence-electron chi connectivity index (χ1n) is 17.0. The predicted molar refractivity (Wildman–Crippen MR) is 187 cm³/mol. The number of ether oxygens (including phenoxy) is 1. The Morgan fingerprint density at radius 2 is 1.98 bits per heavy atom. The fourth-order valence-corrected chi connectivity index (χ4v) is 8.07. The lowest BCUT2D eigenvalue weighted by atomic mass is 9.45. The van der Waals surface area contributed by atoms with Gasteiger partial charge in [0.1, 0.15) is 17.3 Å². The number of benzene rings is 2. The number of carbonyl (C=O) groups excluding carboxylic acids is 1. The third kappa shape index (κ3) is 6.24. The van der Waals surface area contributed by atoms with Gasteiger partial charge in [0.25, 0.3) is 5.56 Å². The van der Waals surface area contributed by atoms with Gasteiger partial charge in [0, 0.05) is 43.3 Å². The van der Waals surface area contributed by atoms with Crippen molar-refractivity contribution in [3.05, 3.63) is 76.7 Å². The zero-order chi connectivity index (χ0) is 34.4. The standard InChI is InChI=1S/C37H43FN8O3/c1-21-19-45(20-33(47)41-21)36(44-30-15-24-14-28(22(30)2)37(24,3)4)42-25-7-9-27-31(16-25)43-34(32-18-39-11-12-40-32)46(35(27)48)13-10-23-6-8-26(49-5)17-29(23)38/h6-9,11-12,16-18,21-22,24,28,30H,10,13-15,19-20H2,1-5H3,(H,41,47)(H,42,44)/t21-,22-,24-,28+,30-/m0/s1. The van der Waals surface area contributed by atoms with E-state index in [0.29, 0.717) is 75.1 Å². The summed E-state index contributed by atoms with van der Waals surface area (Å²) in [5.41, 5.74) is 2.13. The molecule has 12 heteroatoms. The molecule has 3 saturated carbocycles. The monoisotopic (exact) mass is 666 g/mol. The minimum atomic E-state index is -0.403. The lowest BCUT2D eigenvalue weighted by Gasteiger charge is -2.61. The highest BCUT2D eigenvalue weighted by Crippen LogP contribution is 2.61. The van der Waals surface area contributed by atoms with Crippen molar-refractivity contribution >= 4 is 28.5 Å². The molecule has 11 nitrogen and oxygen atoms in total. The smallest absolute Gasteiger partial charge is 0.261 e. The van der Waals surface area contributed by atoms with E-state index in [1.807, 2.05) is 24.0 Å². The van der Waals surface area contributed by atoms with Crippen molar-refractivity contribution < 1.29 is 13.9 Å². The number of nitrogens with zero attached hydrogens (tertiary/aromatic N) is 6. The average Bonchev–Trinajstić information content (AvgIpc) is 3.08. The molecule has 1 amide bonds. The Labute approximate surface area is 285 Å². The maximum atomic E-state index is 14.8. The number of aryl methyl sites for hydroxylation is 1. The molecule has 4 fully saturated rings. The second kappa shape index (κ2) is 12.9. The van der Waals surface area contributed by atoms with Crippen LogP contribution in [-0.4, -0.2) is 68.6 Å². The molecule has 0 unspecified atom stereocenters. The lowest BCUT2D eigenvalue weighted by molar-refractivity contribution is -0.124. The molecule has 2 N–H and O–H groups in total. The topological polar surface area (TPSA) is 127 Å². The first-order chi connectivity index (χ1) is 23.5. The van der Waals surface area contributed by atoms with E-state index in [0.717, 1.165) is 6.42 Å². The Hall–Kier alpha value is -4.87. The number of hydrogen-bond donors (Lipinski definition) is 2. The summed E-state index contributed by atoms with van der Waals surface area (Å²) in [7, 11) is 1.49. The van der Waals surface area contributed by atoms with E-state index in [4.69, 9.17) is 14.7 Å². The zero-order valence-corrected chi connectivity index (χ0v) is 28.6. The van der Waals surface area contributed by atoms with Crippen LogP contribution < -0.4 is 20.9 Å².